The van der Waals surface area contributed by atoms with Crippen LogP contribution < -0.4 is 9.64 Å². The largest absolute Gasteiger partial charge is 0.490 e. The smallest absolute Gasteiger partial charge is 0.142 e. The lowest BCUT2D eigenvalue weighted by Gasteiger charge is -2.31. The van der Waals surface area contributed by atoms with Gasteiger partial charge in [0.25, 0.3) is 0 Å². The summed E-state index contributed by atoms with van der Waals surface area (Å²) in [6.07, 6.45) is 1.03. The van der Waals surface area contributed by atoms with E-state index in [1.165, 1.54) is 11.3 Å². The van der Waals surface area contributed by atoms with E-state index in [0.29, 0.717) is 6.61 Å². The summed E-state index contributed by atoms with van der Waals surface area (Å²) in [6.45, 7) is 10.9. The van der Waals surface area contributed by atoms with Crippen molar-refractivity contribution in [1.82, 2.24) is 0 Å². The van der Waals surface area contributed by atoms with E-state index >= 15 is 0 Å². The quantitative estimate of drug-likeness (QED) is 0.721. The van der Waals surface area contributed by atoms with E-state index in [9.17, 15) is 0 Å². The summed E-state index contributed by atoms with van der Waals surface area (Å²) in [7, 11) is 1.74. The molecule has 0 fully saturated rings. The van der Waals surface area contributed by atoms with E-state index in [0.717, 1.165) is 45.1 Å². The monoisotopic (exact) mass is 295 g/mol. The first-order chi connectivity index (χ1) is 10.3. The molecular formula is C17H29NO3. The predicted octanol–water partition coefficient (Wildman–Crippen LogP) is 3.48. The van der Waals surface area contributed by atoms with Crippen LogP contribution in [0.4, 0.5) is 5.69 Å². The molecule has 1 aliphatic rings. The van der Waals surface area contributed by atoms with Crippen LogP contribution in [0.2, 0.25) is 0 Å². The fourth-order valence-corrected chi connectivity index (χ4v) is 2.26. The van der Waals surface area contributed by atoms with Crippen molar-refractivity contribution in [3.05, 3.63) is 23.8 Å². The van der Waals surface area contributed by atoms with Crippen molar-refractivity contribution in [3.8, 4) is 5.75 Å². The molecule has 120 valence electrons. The van der Waals surface area contributed by atoms with Crippen LogP contribution in [0.1, 0.15) is 32.8 Å². The van der Waals surface area contributed by atoms with E-state index < -0.39 is 0 Å². The Kier molecular flexibility index (Phi) is 8.87. The van der Waals surface area contributed by atoms with Crippen molar-refractivity contribution in [3.63, 3.8) is 0 Å². The van der Waals surface area contributed by atoms with E-state index in [1.54, 1.807) is 7.11 Å². The van der Waals surface area contributed by atoms with Crippen molar-refractivity contribution in [2.75, 3.05) is 44.9 Å². The van der Waals surface area contributed by atoms with E-state index in [4.69, 9.17) is 14.2 Å². The van der Waals surface area contributed by atoms with Crippen LogP contribution in [0.15, 0.2) is 18.2 Å². The maximum atomic E-state index is 5.71. The minimum Gasteiger partial charge on any atom is -0.490 e. The molecule has 0 N–H and O–H groups in total. The van der Waals surface area contributed by atoms with Gasteiger partial charge in [0.05, 0.1) is 18.8 Å². The number of hydrogen-bond acceptors (Lipinski definition) is 4. The molecular weight excluding hydrogens is 266 g/mol. The zero-order chi connectivity index (χ0) is 15.5. The Balaban J connectivity index is 0.00000106. The van der Waals surface area contributed by atoms with Gasteiger partial charge in [-0.3, -0.25) is 0 Å². The van der Waals surface area contributed by atoms with Crippen molar-refractivity contribution in [2.24, 2.45) is 0 Å². The molecule has 4 heteroatoms. The molecule has 0 unspecified atom stereocenters. The summed E-state index contributed by atoms with van der Waals surface area (Å²) < 4.78 is 16.3. The lowest BCUT2D eigenvalue weighted by molar-refractivity contribution is 0.134. The summed E-state index contributed by atoms with van der Waals surface area (Å²) in [4.78, 5) is 2.37. The molecule has 2 rings (SSSR count). The fraction of sp³-hybridized carbons (Fsp3) is 0.647. The number of methoxy groups -OCH3 is 1. The lowest BCUT2D eigenvalue weighted by atomic mass is 10.1. The Morgan fingerprint density at radius 3 is 2.81 bits per heavy atom. The topological polar surface area (TPSA) is 30.9 Å². The van der Waals surface area contributed by atoms with Gasteiger partial charge in [-0.1, -0.05) is 19.9 Å². The van der Waals surface area contributed by atoms with E-state index in [2.05, 4.69) is 17.0 Å². The molecule has 21 heavy (non-hydrogen) atoms. The number of fused-ring (bicyclic) bond motifs is 1. The van der Waals surface area contributed by atoms with Crippen LogP contribution in [0.25, 0.3) is 0 Å². The first kappa shape index (κ1) is 17.8. The first-order valence-electron chi connectivity index (χ1n) is 7.92. The Morgan fingerprint density at radius 2 is 2.10 bits per heavy atom. The second-order valence-corrected chi connectivity index (χ2v) is 4.62. The van der Waals surface area contributed by atoms with Gasteiger partial charge < -0.3 is 19.1 Å². The Labute approximate surface area is 129 Å². The number of hydrogen-bond donors (Lipinski definition) is 0. The molecule has 0 bridgehead atoms. The summed E-state index contributed by atoms with van der Waals surface area (Å²) in [5.74, 6) is 0.976. The summed E-state index contributed by atoms with van der Waals surface area (Å²) in [5, 5.41) is 0. The van der Waals surface area contributed by atoms with Crippen LogP contribution in [-0.4, -0.2) is 40.0 Å². The highest BCUT2D eigenvalue weighted by Crippen LogP contribution is 2.32. The highest BCUT2D eigenvalue weighted by Gasteiger charge is 2.17. The van der Waals surface area contributed by atoms with Gasteiger partial charge in [0.2, 0.25) is 0 Å². The number of anilines is 1. The zero-order valence-electron chi connectivity index (χ0n) is 13.9. The van der Waals surface area contributed by atoms with Gasteiger partial charge in [-0.15, -0.1) is 0 Å². The average Bonchev–Trinajstić information content (AvgIpc) is 2.55. The van der Waals surface area contributed by atoms with Crippen LogP contribution in [0, 0.1) is 0 Å². The molecule has 0 radical (unpaired) electrons. The van der Waals surface area contributed by atoms with Gasteiger partial charge in [0.15, 0.2) is 0 Å². The maximum Gasteiger partial charge on any atom is 0.142 e. The third-order valence-corrected chi connectivity index (χ3v) is 3.23. The molecule has 0 atom stereocenters. The van der Waals surface area contributed by atoms with Crippen LogP contribution >= 0.6 is 0 Å². The molecule has 0 spiro atoms. The van der Waals surface area contributed by atoms with Gasteiger partial charge in [-0.05, 0) is 31.0 Å². The molecule has 0 saturated carbocycles. The van der Waals surface area contributed by atoms with Crippen LogP contribution in [0.5, 0.6) is 5.75 Å². The number of benzene rings is 1. The summed E-state index contributed by atoms with van der Waals surface area (Å²) in [5.41, 5.74) is 2.38. The number of rotatable bonds is 7. The first-order valence-corrected chi connectivity index (χ1v) is 7.92. The Bertz CT molecular complexity index is 396. The minimum atomic E-state index is 0.662. The molecule has 4 nitrogen and oxygen atoms in total. The Hall–Kier alpha value is -1.26. The molecule has 0 aliphatic carbocycles. The summed E-state index contributed by atoms with van der Waals surface area (Å²) in [6, 6.07) is 6.30. The molecule has 0 amide bonds. The molecule has 1 aromatic rings. The highest BCUT2D eigenvalue weighted by molar-refractivity contribution is 5.61. The second kappa shape index (κ2) is 10.5. The number of ether oxygens (including phenoxy) is 3. The molecule has 0 saturated heterocycles. The SMILES string of the molecule is CC.CCOCc1ccc2c(c1)N(CCCOC)CCO2. The highest BCUT2D eigenvalue weighted by atomic mass is 16.5. The average molecular weight is 295 g/mol. The lowest BCUT2D eigenvalue weighted by Crippen LogP contribution is -2.34. The van der Waals surface area contributed by atoms with Crippen LogP contribution in [-0.2, 0) is 16.1 Å². The minimum absolute atomic E-state index is 0.662. The van der Waals surface area contributed by atoms with Gasteiger partial charge in [0.1, 0.15) is 12.4 Å². The molecule has 0 aromatic heterocycles. The van der Waals surface area contributed by atoms with Crippen molar-refractivity contribution in [1.29, 1.82) is 0 Å². The van der Waals surface area contributed by atoms with Gasteiger partial charge >= 0.3 is 0 Å². The molecule has 1 heterocycles. The van der Waals surface area contributed by atoms with E-state index in [-0.39, 0.29) is 0 Å². The normalized spacial score (nSPS) is 13.0. The predicted molar refractivity (Wildman–Crippen MR) is 87.3 cm³/mol. The van der Waals surface area contributed by atoms with E-state index in [1.807, 2.05) is 26.8 Å². The number of nitrogens with zero attached hydrogens (tertiary/aromatic N) is 1. The van der Waals surface area contributed by atoms with Gasteiger partial charge in [-0.2, -0.15) is 0 Å². The molecule has 1 aromatic carbocycles. The van der Waals surface area contributed by atoms with Gasteiger partial charge in [-0.25, -0.2) is 0 Å². The zero-order valence-corrected chi connectivity index (χ0v) is 13.9. The van der Waals surface area contributed by atoms with Crippen molar-refractivity contribution < 1.29 is 14.2 Å². The third-order valence-electron chi connectivity index (χ3n) is 3.23. The van der Waals surface area contributed by atoms with Gasteiger partial charge in [0, 0.05) is 26.9 Å². The standard InChI is InChI=1S/C15H23NO3.C2H6/c1-3-18-12-13-5-6-15-14(11-13)16(8-10-19-15)7-4-9-17-2;1-2/h5-6,11H,3-4,7-10,12H2,1-2H3;1-2H3. The third kappa shape index (κ3) is 5.56. The second-order valence-electron chi connectivity index (χ2n) is 4.62. The van der Waals surface area contributed by atoms with Crippen molar-refractivity contribution in [2.45, 2.75) is 33.8 Å². The Morgan fingerprint density at radius 1 is 1.29 bits per heavy atom. The maximum absolute atomic E-state index is 5.71. The summed E-state index contributed by atoms with van der Waals surface area (Å²) >= 11 is 0. The fourth-order valence-electron chi connectivity index (χ4n) is 2.26. The molecule has 1 aliphatic heterocycles. The van der Waals surface area contributed by atoms with Crippen LogP contribution in [0.3, 0.4) is 0 Å². The van der Waals surface area contributed by atoms with Crippen molar-refractivity contribution >= 4 is 5.69 Å².